The Morgan fingerprint density at radius 2 is 2.26 bits per heavy atom. The average molecular weight is 388 g/mol. The summed E-state index contributed by atoms with van der Waals surface area (Å²) in [6.07, 6.45) is 5.01. The minimum Gasteiger partial charge on any atom is -0.461 e. The number of nitrogens with zero attached hydrogens (tertiary/aromatic N) is 4. The van der Waals surface area contributed by atoms with Crippen molar-refractivity contribution in [3.8, 4) is 11.6 Å². The van der Waals surface area contributed by atoms with Gasteiger partial charge in [-0.3, -0.25) is 4.79 Å². The lowest BCUT2D eigenvalue weighted by Gasteiger charge is -2.34. The molecule has 0 aromatic carbocycles. The van der Waals surface area contributed by atoms with Crippen LogP contribution in [0.1, 0.15) is 40.0 Å². The summed E-state index contributed by atoms with van der Waals surface area (Å²) in [5, 5.41) is 13.4. The third-order valence-electron chi connectivity index (χ3n) is 6.74. The number of thioether (sulfide) groups is 1. The number of carbonyl (C=O) groups is 1. The molecule has 2 aromatic heterocycles. The Balaban J connectivity index is 1.36. The van der Waals surface area contributed by atoms with Crippen LogP contribution in [-0.4, -0.2) is 32.1 Å². The van der Waals surface area contributed by atoms with E-state index in [-0.39, 0.29) is 22.5 Å². The Hall–Kier alpha value is -2.09. The van der Waals surface area contributed by atoms with Crippen LogP contribution in [0.25, 0.3) is 11.6 Å². The molecule has 0 aliphatic heterocycles. The lowest BCUT2D eigenvalue weighted by atomic mass is 9.70. The molecular weight excluding hydrogens is 362 g/mol. The number of furan rings is 1. The maximum Gasteiger partial charge on any atom is 0.250 e. The second-order valence-corrected chi connectivity index (χ2v) is 9.16. The van der Waals surface area contributed by atoms with Crippen molar-refractivity contribution in [2.75, 3.05) is 5.75 Å². The number of carbonyl (C=O) groups excluding carboxylic acids is 1. The molecule has 4 rings (SSSR count). The highest BCUT2D eigenvalue weighted by atomic mass is 32.2. The fourth-order valence-corrected chi connectivity index (χ4v) is 5.15. The van der Waals surface area contributed by atoms with Crippen LogP contribution in [0.4, 0.5) is 0 Å². The van der Waals surface area contributed by atoms with Gasteiger partial charge in [0, 0.05) is 18.2 Å². The third-order valence-corrected chi connectivity index (χ3v) is 7.76. The van der Waals surface area contributed by atoms with Crippen LogP contribution in [0.3, 0.4) is 0 Å². The predicted octanol–water partition coefficient (Wildman–Crippen LogP) is 3.49. The molecule has 2 aromatic rings. The molecule has 0 radical (unpaired) electrons. The molecule has 2 aliphatic carbocycles. The molecule has 2 atom stereocenters. The smallest absolute Gasteiger partial charge is 0.250 e. The molecule has 0 spiro atoms. The summed E-state index contributed by atoms with van der Waals surface area (Å²) in [4.78, 5) is 12.3. The van der Waals surface area contributed by atoms with Crippen LogP contribution in [-0.2, 0) is 11.8 Å². The van der Waals surface area contributed by atoms with Gasteiger partial charge in [0.2, 0.25) is 0 Å². The molecule has 2 heterocycles. The number of rotatable bonds is 5. The maximum atomic E-state index is 12.3. The number of hydrogen-bond acceptors (Lipinski definition) is 6. The van der Waals surface area contributed by atoms with Gasteiger partial charge >= 0.3 is 0 Å². The average Bonchev–Trinajstić information content (AvgIpc) is 3.36. The lowest BCUT2D eigenvalue weighted by Crippen LogP contribution is -2.34. The van der Waals surface area contributed by atoms with E-state index in [0.29, 0.717) is 22.7 Å². The van der Waals surface area contributed by atoms with Gasteiger partial charge in [-0.15, -0.1) is 10.2 Å². The Kier molecular flexibility index (Phi) is 4.41. The van der Waals surface area contributed by atoms with Crippen LogP contribution in [0.2, 0.25) is 0 Å². The topological polar surface area (TPSA) is 85.3 Å². The van der Waals surface area contributed by atoms with E-state index >= 15 is 0 Å². The molecule has 2 saturated carbocycles. The molecule has 2 aliphatic rings. The Bertz CT molecular complexity index is 886. The van der Waals surface area contributed by atoms with Crippen LogP contribution >= 0.6 is 11.8 Å². The fraction of sp³-hybridized carbons (Fsp3) is 0.579. The second-order valence-electron chi connectivity index (χ2n) is 8.22. The Labute approximate surface area is 163 Å². The monoisotopic (exact) mass is 387 g/mol. The lowest BCUT2D eigenvalue weighted by molar-refractivity contribution is -0.118. The van der Waals surface area contributed by atoms with Crippen molar-refractivity contribution in [3.63, 3.8) is 0 Å². The second kappa shape index (κ2) is 6.51. The van der Waals surface area contributed by atoms with E-state index in [1.807, 2.05) is 17.7 Å². The first-order valence-corrected chi connectivity index (χ1v) is 10.2. The van der Waals surface area contributed by atoms with E-state index in [2.05, 4.69) is 41.5 Å². The van der Waals surface area contributed by atoms with Gasteiger partial charge < -0.3 is 8.98 Å². The van der Waals surface area contributed by atoms with Gasteiger partial charge in [-0.25, -0.2) is 5.43 Å². The largest absolute Gasteiger partial charge is 0.461 e. The van der Waals surface area contributed by atoms with E-state index in [9.17, 15) is 4.79 Å². The molecular formula is C19H25N5O2S. The van der Waals surface area contributed by atoms with E-state index in [1.54, 1.807) is 12.3 Å². The molecule has 7 nitrogen and oxygen atoms in total. The molecule has 0 unspecified atom stereocenters. The van der Waals surface area contributed by atoms with Gasteiger partial charge in [0.1, 0.15) is 0 Å². The van der Waals surface area contributed by atoms with E-state index in [4.69, 9.17) is 4.42 Å². The van der Waals surface area contributed by atoms with Crippen molar-refractivity contribution >= 4 is 23.4 Å². The summed E-state index contributed by atoms with van der Waals surface area (Å²) in [5.74, 6) is 2.08. The summed E-state index contributed by atoms with van der Waals surface area (Å²) in [5.41, 5.74) is 4.24. The van der Waals surface area contributed by atoms with Gasteiger partial charge in [-0.05, 0) is 42.7 Å². The summed E-state index contributed by atoms with van der Waals surface area (Å²) in [6, 6.07) is 3.64. The van der Waals surface area contributed by atoms with Crippen LogP contribution in [0.5, 0.6) is 0 Å². The predicted molar refractivity (Wildman–Crippen MR) is 104 cm³/mol. The third kappa shape index (κ3) is 2.90. The molecule has 8 heteroatoms. The highest BCUT2D eigenvalue weighted by Crippen LogP contribution is 2.63. The van der Waals surface area contributed by atoms with Crippen molar-refractivity contribution in [1.82, 2.24) is 20.2 Å². The number of nitrogens with one attached hydrogen (secondary N) is 1. The standard InChI is InChI=1S/C19H25N5O2S/c1-18(2)12-7-8-19(18,3)14(10-12)20-21-15(25)11-27-17-23-22-16(24(17)4)13-6-5-9-26-13/h5-6,9,12H,7-8,10-11H2,1-4H3,(H,21,25)/b20-14+/t12-,19-/m1/s1. The van der Waals surface area contributed by atoms with Crippen molar-refractivity contribution in [2.45, 2.75) is 45.2 Å². The highest BCUT2D eigenvalue weighted by Gasteiger charge is 2.60. The first kappa shape index (κ1) is 18.3. The number of hydrazone groups is 1. The number of amides is 1. The molecule has 2 fully saturated rings. The highest BCUT2D eigenvalue weighted by molar-refractivity contribution is 7.99. The molecule has 1 N–H and O–H groups in total. The fourth-order valence-electron chi connectivity index (χ4n) is 4.45. The van der Waals surface area contributed by atoms with Crippen molar-refractivity contribution in [3.05, 3.63) is 18.4 Å². The van der Waals surface area contributed by atoms with E-state index < -0.39 is 0 Å². The van der Waals surface area contributed by atoms with Gasteiger partial charge in [0.05, 0.1) is 12.0 Å². The maximum absolute atomic E-state index is 12.3. The number of fused-ring (bicyclic) bond motifs is 2. The van der Waals surface area contributed by atoms with Crippen LogP contribution in [0.15, 0.2) is 33.1 Å². The molecule has 27 heavy (non-hydrogen) atoms. The minimum atomic E-state index is -0.126. The first-order chi connectivity index (χ1) is 12.8. The van der Waals surface area contributed by atoms with E-state index in [1.165, 1.54) is 18.2 Å². The summed E-state index contributed by atoms with van der Waals surface area (Å²) >= 11 is 1.34. The number of aromatic nitrogens is 3. The molecule has 0 saturated heterocycles. The Morgan fingerprint density at radius 1 is 1.44 bits per heavy atom. The summed E-state index contributed by atoms with van der Waals surface area (Å²) in [7, 11) is 1.86. The minimum absolute atomic E-state index is 0.0969. The summed E-state index contributed by atoms with van der Waals surface area (Å²) < 4.78 is 7.18. The molecule has 1 amide bonds. The van der Waals surface area contributed by atoms with Gasteiger partial charge in [0.15, 0.2) is 16.7 Å². The molecule has 2 bridgehead atoms. The van der Waals surface area contributed by atoms with Crippen molar-refractivity contribution < 1.29 is 9.21 Å². The van der Waals surface area contributed by atoms with Gasteiger partial charge in [-0.1, -0.05) is 32.5 Å². The number of hydrogen-bond donors (Lipinski definition) is 1. The first-order valence-electron chi connectivity index (χ1n) is 9.25. The van der Waals surface area contributed by atoms with Crippen molar-refractivity contribution in [2.24, 2.45) is 28.9 Å². The zero-order chi connectivity index (χ0) is 19.2. The van der Waals surface area contributed by atoms with Gasteiger partial charge in [0.25, 0.3) is 5.91 Å². The van der Waals surface area contributed by atoms with Gasteiger partial charge in [-0.2, -0.15) is 5.10 Å². The zero-order valence-corrected chi connectivity index (χ0v) is 17.0. The van der Waals surface area contributed by atoms with Crippen LogP contribution < -0.4 is 5.43 Å². The summed E-state index contributed by atoms with van der Waals surface area (Å²) in [6.45, 7) is 6.94. The van der Waals surface area contributed by atoms with Crippen LogP contribution in [0, 0.1) is 16.7 Å². The molecule has 144 valence electrons. The normalized spacial score (nSPS) is 27.4. The zero-order valence-electron chi connectivity index (χ0n) is 16.2. The quantitative estimate of drug-likeness (QED) is 0.627. The Morgan fingerprint density at radius 3 is 2.89 bits per heavy atom. The van der Waals surface area contributed by atoms with E-state index in [0.717, 1.165) is 18.6 Å². The van der Waals surface area contributed by atoms with Crippen molar-refractivity contribution in [1.29, 1.82) is 0 Å². The SMILES string of the molecule is Cn1c(SCC(=O)N/N=C2\C[C@H]3CC[C@@]2(C)C3(C)C)nnc1-c1ccco1.